The van der Waals surface area contributed by atoms with Crippen molar-refractivity contribution in [2.24, 2.45) is 5.73 Å². The minimum absolute atomic E-state index is 0.144. The van der Waals surface area contributed by atoms with Crippen LogP contribution in [0.4, 0.5) is 11.4 Å². The number of amides is 2. The van der Waals surface area contributed by atoms with E-state index in [1.807, 2.05) is 12.1 Å². The SMILES string of the molecule is NC(CC1CCCO1)c1ccc2c(c1)NC(=O)CC(=O)N2. The maximum Gasteiger partial charge on any atom is 0.233 e. The van der Waals surface area contributed by atoms with Crippen LogP contribution in [0.2, 0.25) is 0 Å². The van der Waals surface area contributed by atoms with Crippen LogP contribution in [0, 0.1) is 0 Å². The Balaban J connectivity index is 1.78. The molecule has 0 spiro atoms. The molecular weight excluding hydrogens is 270 g/mol. The van der Waals surface area contributed by atoms with Gasteiger partial charge in [0.25, 0.3) is 0 Å². The van der Waals surface area contributed by atoms with Crippen molar-refractivity contribution in [2.75, 3.05) is 17.2 Å². The first-order valence-corrected chi connectivity index (χ1v) is 7.22. The lowest BCUT2D eigenvalue weighted by Crippen LogP contribution is -2.18. The number of hydrogen-bond donors (Lipinski definition) is 3. The molecule has 2 aliphatic rings. The third kappa shape index (κ3) is 3.22. The van der Waals surface area contributed by atoms with E-state index in [4.69, 9.17) is 10.5 Å². The second-order valence-corrected chi connectivity index (χ2v) is 5.56. The van der Waals surface area contributed by atoms with Crippen LogP contribution in [-0.2, 0) is 14.3 Å². The van der Waals surface area contributed by atoms with Crippen LogP contribution in [0.3, 0.4) is 0 Å². The zero-order chi connectivity index (χ0) is 14.8. The molecule has 3 rings (SSSR count). The average Bonchev–Trinajstić information content (AvgIpc) is 2.87. The zero-order valence-electron chi connectivity index (χ0n) is 11.7. The maximum absolute atomic E-state index is 11.6. The molecule has 1 aromatic rings. The minimum Gasteiger partial charge on any atom is -0.378 e. The summed E-state index contributed by atoms with van der Waals surface area (Å²) in [5.74, 6) is -0.612. The number of nitrogens with two attached hydrogens (primary N) is 1. The summed E-state index contributed by atoms with van der Waals surface area (Å²) < 4.78 is 5.60. The number of carbonyl (C=O) groups is 2. The Labute approximate surface area is 123 Å². The van der Waals surface area contributed by atoms with E-state index in [1.165, 1.54) is 0 Å². The third-order valence-corrected chi connectivity index (χ3v) is 3.88. The van der Waals surface area contributed by atoms with Gasteiger partial charge in [-0.1, -0.05) is 6.07 Å². The van der Waals surface area contributed by atoms with Crippen molar-refractivity contribution < 1.29 is 14.3 Å². The molecule has 2 unspecified atom stereocenters. The van der Waals surface area contributed by atoms with E-state index in [9.17, 15) is 9.59 Å². The first kappa shape index (κ1) is 14.0. The molecule has 4 N–H and O–H groups in total. The van der Waals surface area contributed by atoms with Crippen LogP contribution in [0.25, 0.3) is 0 Å². The van der Waals surface area contributed by atoms with E-state index in [1.54, 1.807) is 6.07 Å². The van der Waals surface area contributed by atoms with Gasteiger partial charge in [-0.3, -0.25) is 9.59 Å². The summed E-state index contributed by atoms with van der Waals surface area (Å²) >= 11 is 0. The number of benzene rings is 1. The fourth-order valence-corrected chi connectivity index (χ4v) is 2.79. The van der Waals surface area contributed by atoms with Gasteiger partial charge in [-0.05, 0) is 37.0 Å². The normalized spacial score (nSPS) is 23.0. The van der Waals surface area contributed by atoms with E-state index in [0.717, 1.165) is 31.4 Å². The summed E-state index contributed by atoms with van der Waals surface area (Å²) in [5, 5.41) is 5.44. The summed E-state index contributed by atoms with van der Waals surface area (Å²) in [7, 11) is 0. The summed E-state index contributed by atoms with van der Waals surface area (Å²) in [6.45, 7) is 0.809. The molecule has 21 heavy (non-hydrogen) atoms. The molecule has 0 bridgehead atoms. The maximum atomic E-state index is 11.6. The van der Waals surface area contributed by atoms with Crippen molar-refractivity contribution in [3.05, 3.63) is 23.8 Å². The highest BCUT2D eigenvalue weighted by molar-refractivity contribution is 6.13. The lowest BCUT2D eigenvalue weighted by molar-refractivity contribution is -0.123. The van der Waals surface area contributed by atoms with Crippen LogP contribution in [-0.4, -0.2) is 24.5 Å². The van der Waals surface area contributed by atoms with E-state index in [2.05, 4.69) is 10.6 Å². The van der Waals surface area contributed by atoms with Gasteiger partial charge in [0.15, 0.2) is 0 Å². The average molecular weight is 289 g/mol. The van der Waals surface area contributed by atoms with E-state index in [0.29, 0.717) is 11.4 Å². The van der Waals surface area contributed by atoms with Gasteiger partial charge in [-0.15, -0.1) is 0 Å². The van der Waals surface area contributed by atoms with Crippen molar-refractivity contribution in [3.63, 3.8) is 0 Å². The summed E-state index contributed by atoms with van der Waals surface area (Å²) in [5.41, 5.74) is 8.37. The molecule has 6 heteroatoms. The van der Waals surface area contributed by atoms with Crippen molar-refractivity contribution in [1.29, 1.82) is 0 Å². The highest BCUT2D eigenvalue weighted by atomic mass is 16.5. The Hall–Kier alpha value is -1.92. The summed E-state index contributed by atoms with van der Waals surface area (Å²) in [6.07, 6.45) is 2.95. The first-order valence-electron chi connectivity index (χ1n) is 7.22. The smallest absolute Gasteiger partial charge is 0.233 e. The number of hydrogen-bond acceptors (Lipinski definition) is 4. The molecule has 2 aliphatic heterocycles. The largest absolute Gasteiger partial charge is 0.378 e. The Morgan fingerprint density at radius 2 is 2.00 bits per heavy atom. The van der Waals surface area contributed by atoms with Gasteiger partial charge >= 0.3 is 0 Å². The van der Waals surface area contributed by atoms with Crippen LogP contribution < -0.4 is 16.4 Å². The van der Waals surface area contributed by atoms with E-state index < -0.39 is 0 Å². The summed E-state index contributed by atoms with van der Waals surface area (Å²) in [6, 6.07) is 5.35. The molecule has 2 atom stereocenters. The Kier molecular flexibility index (Phi) is 3.90. The zero-order valence-corrected chi connectivity index (χ0v) is 11.7. The van der Waals surface area contributed by atoms with Crippen LogP contribution in [0.15, 0.2) is 18.2 Å². The fraction of sp³-hybridized carbons (Fsp3) is 0.467. The van der Waals surface area contributed by atoms with Gasteiger partial charge in [-0.25, -0.2) is 0 Å². The molecule has 1 fully saturated rings. The van der Waals surface area contributed by atoms with Crippen molar-refractivity contribution in [2.45, 2.75) is 37.8 Å². The standard InChI is InChI=1S/C15H19N3O3/c16-11(7-10-2-1-5-21-10)9-3-4-12-13(6-9)18-15(20)8-14(19)17-12/h3-4,6,10-11H,1-2,5,7-8,16H2,(H,17,19)(H,18,20). The first-order chi connectivity index (χ1) is 10.1. The van der Waals surface area contributed by atoms with Gasteiger partial charge in [-0.2, -0.15) is 0 Å². The number of anilines is 2. The Morgan fingerprint density at radius 3 is 2.71 bits per heavy atom. The molecule has 112 valence electrons. The van der Waals surface area contributed by atoms with Crippen LogP contribution >= 0.6 is 0 Å². The van der Waals surface area contributed by atoms with Crippen LogP contribution in [0.5, 0.6) is 0 Å². The lowest BCUT2D eigenvalue weighted by Gasteiger charge is -2.18. The molecule has 2 amide bonds. The quantitative estimate of drug-likeness (QED) is 0.736. The topological polar surface area (TPSA) is 93.4 Å². The highest BCUT2D eigenvalue weighted by Crippen LogP contribution is 2.30. The van der Waals surface area contributed by atoms with Gasteiger partial charge in [0.05, 0.1) is 17.5 Å². The molecule has 0 saturated carbocycles. The molecule has 1 aromatic carbocycles. The third-order valence-electron chi connectivity index (χ3n) is 3.88. The molecule has 2 heterocycles. The number of ether oxygens (including phenoxy) is 1. The highest BCUT2D eigenvalue weighted by Gasteiger charge is 2.22. The molecule has 0 aliphatic carbocycles. The van der Waals surface area contributed by atoms with Gasteiger partial charge in [0.2, 0.25) is 11.8 Å². The molecule has 0 radical (unpaired) electrons. The molecular formula is C15H19N3O3. The minimum atomic E-state index is -0.309. The van der Waals surface area contributed by atoms with Crippen LogP contribution in [0.1, 0.15) is 37.3 Å². The second-order valence-electron chi connectivity index (χ2n) is 5.56. The monoisotopic (exact) mass is 289 g/mol. The summed E-state index contributed by atoms with van der Waals surface area (Å²) in [4.78, 5) is 23.1. The van der Waals surface area contributed by atoms with Crippen molar-refractivity contribution >= 4 is 23.2 Å². The number of nitrogens with one attached hydrogen (secondary N) is 2. The van der Waals surface area contributed by atoms with E-state index >= 15 is 0 Å². The molecule has 0 aromatic heterocycles. The number of rotatable bonds is 3. The fourth-order valence-electron chi connectivity index (χ4n) is 2.79. The van der Waals surface area contributed by atoms with Gasteiger partial charge < -0.3 is 21.1 Å². The molecule has 6 nitrogen and oxygen atoms in total. The Bertz CT molecular complexity index is 567. The van der Waals surface area contributed by atoms with E-state index in [-0.39, 0.29) is 30.4 Å². The Morgan fingerprint density at radius 1 is 1.24 bits per heavy atom. The number of carbonyl (C=O) groups excluding carboxylic acids is 2. The lowest BCUT2D eigenvalue weighted by atomic mass is 9.99. The second kappa shape index (κ2) is 5.83. The predicted molar refractivity (Wildman–Crippen MR) is 78.8 cm³/mol. The number of fused-ring (bicyclic) bond motifs is 1. The van der Waals surface area contributed by atoms with Gasteiger partial charge in [0.1, 0.15) is 6.42 Å². The van der Waals surface area contributed by atoms with Crippen molar-refractivity contribution in [1.82, 2.24) is 0 Å². The van der Waals surface area contributed by atoms with Gasteiger partial charge in [0, 0.05) is 12.6 Å². The predicted octanol–water partition coefficient (Wildman–Crippen LogP) is 1.54. The van der Waals surface area contributed by atoms with Crippen molar-refractivity contribution in [3.8, 4) is 0 Å². The molecule has 1 saturated heterocycles.